The molecule has 0 atom stereocenters. The molecule has 0 amide bonds. The van der Waals surface area contributed by atoms with Crippen molar-refractivity contribution in [1.82, 2.24) is 0 Å². The van der Waals surface area contributed by atoms with E-state index in [1.165, 1.54) is 7.11 Å². The molecular formula is C12H13BrO3. The minimum absolute atomic E-state index is 0.133. The van der Waals surface area contributed by atoms with Crippen molar-refractivity contribution in [3.05, 3.63) is 39.9 Å². The smallest absolute Gasteiger partial charge is 0.337 e. The van der Waals surface area contributed by atoms with E-state index in [1.807, 2.05) is 18.2 Å². The monoisotopic (exact) mass is 284 g/mol. The van der Waals surface area contributed by atoms with Gasteiger partial charge in [0.15, 0.2) is 0 Å². The van der Waals surface area contributed by atoms with Gasteiger partial charge in [-0.15, -0.1) is 0 Å². The molecular weight excluding hydrogens is 272 g/mol. The molecule has 0 aliphatic carbocycles. The molecule has 0 aliphatic heterocycles. The molecule has 0 spiro atoms. The molecule has 0 fully saturated rings. The highest BCUT2D eigenvalue weighted by Crippen LogP contribution is 2.20. The summed E-state index contributed by atoms with van der Waals surface area (Å²) >= 11 is 3.38. The molecule has 0 saturated carbocycles. The van der Waals surface area contributed by atoms with Crippen LogP contribution in [0.2, 0.25) is 0 Å². The fraction of sp³-hybridized carbons (Fsp3) is 0.250. The zero-order valence-electron chi connectivity index (χ0n) is 8.94. The van der Waals surface area contributed by atoms with E-state index in [1.54, 1.807) is 12.1 Å². The summed E-state index contributed by atoms with van der Waals surface area (Å²) in [4.78, 5) is 11.2. The molecule has 0 aromatic heterocycles. The summed E-state index contributed by atoms with van der Waals surface area (Å²) in [5, 5.41) is 8.64. The van der Waals surface area contributed by atoms with Crippen molar-refractivity contribution in [1.29, 1.82) is 0 Å². The van der Waals surface area contributed by atoms with Crippen molar-refractivity contribution < 1.29 is 14.6 Å². The molecule has 0 bridgehead atoms. The molecule has 0 radical (unpaired) electrons. The number of benzene rings is 1. The van der Waals surface area contributed by atoms with E-state index in [0.717, 1.165) is 10.0 Å². The van der Waals surface area contributed by atoms with Gasteiger partial charge in [0.25, 0.3) is 0 Å². The lowest BCUT2D eigenvalue weighted by Gasteiger charge is -2.02. The molecule has 1 N–H and O–H groups in total. The Hall–Kier alpha value is -1.13. The van der Waals surface area contributed by atoms with Gasteiger partial charge >= 0.3 is 5.97 Å². The van der Waals surface area contributed by atoms with Crippen LogP contribution in [0.4, 0.5) is 0 Å². The van der Waals surface area contributed by atoms with Gasteiger partial charge in [-0.25, -0.2) is 4.79 Å². The molecule has 1 aromatic rings. The van der Waals surface area contributed by atoms with E-state index in [4.69, 9.17) is 5.11 Å². The van der Waals surface area contributed by atoms with Gasteiger partial charge in [-0.3, -0.25) is 0 Å². The lowest BCUT2D eigenvalue weighted by molar-refractivity contribution is 0.0600. The summed E-state index contributed by atoms with van der Waals surface area (Å²) in [7, 11) is 1.35. The first-order chi connectivity index (χ1) is 7.69. The minimum atomic E-state index is -0.355. The van der Waals surface area contributed by atoms with Crippen LogP contribution in [-0.4, -0.2) is 24.8 Å². The number of hydrogen-bond acceptors (Lipinski definition) is 3. The van der Waals surface area contributed by atoms with Crippen molar-refractivity contribution >= 4 is 28.0 Å². The van der Waals surface area contributed by atoms with Gasteiger partial charge in [-0.1, -0.05) is 34.1 Å². The maximum atomic E-state index is 11.2. The largest absolute Gasteiger partial charge is 0.465 e. The Balaban J connectivity index is 2.87. The van der Waals surface area contributed by atoms with Crippen molar-refractivity contribution in [2.24, 2.45) is 0 Å². The molecule has 0 unspecified atom stereocenters. The van der Waals surface area contributed by atoms with Crippen LogP contribution in [0.25, 0.3) is 6.08 Å². The van der Waals surface area contributed by atoms with Gasteiger partial charge in [-0.2, -0.15) is 0 Å². The van der Waals surface area contributed by atoms with Crippen molar-refractivity contribution in [3.8, 4) is 0 Å². The van der Waals surface area contributed by atoms with Gasteiger partial charge < -0.3 is 9.84 Å². The van der Waals surface area contributed by atoms with Crippen LogP contribution in [0, 0.1) is 0 Å². The van der Waals surface area contributed by atoms with Crippen LogP contribution < -0.4 is 0 Å². The third kappa shape index (κ3) is 3.47. The molecule has 1 rings (SSSR count). The summed E-state index contributed by atoms with van der Waals surface area (Å²) in [6, 6.07) is 5.24. The van der Waals surface area contributed by atoms with E-state index >= 15 is 0 Å². The summed E-state index contributed by atoms with van der Waals surface area (Å²) in [5.41, 5.74) is 1.47. The van der Waals surface area contributed by atoms with Gasteiger partial charge in [0.05, 0.1) is 12.7 Å². The van der Waals surface area contributed by atoms with Gasteiger partial charge in [0, 0.05) is 11.1 Å². The normalized spacial score (nSPS) is 10.7. The second-order valence-electron chi connectivity index (χ2n) is 3.14. The van der Waals surface area contributed by atoms with Gasteiger partial charge in [0.2, 0.25) is 0 Å². The average molecular weight is 285 g/mol. The molecule has 86 valence electrons. The van der Waals surface area contributed by atoms with E-state index in [9.17, 15) is 4.79 Å². The first-order valence-electron chi connectivity index (χ1n) is 4.84. The number of ether oxygens (including phenoxy) is 1. The topological polar surface area (TPSA) is 46.5 Å². The Morgan fingerprint density at radius 2 is 2.31 bits per heavy atom. The van der Waals surface area contributed by atoms with E-state index in [2.05, 4.69) is 20.7 Å². The maximum Gasteiger partial charge on any atom is 0.337 e. The highest BCUT2D eigenvalue weighted by Gasteiger charge is 2.06. The molecule has 1 aromatic carbocycles. The SMILES string of the molecule is COC(=O)c1ccc(C=CCCO)c(Br)c1. The summed E-state index contributed by atoms with van der Waals surface area (Å²) in [6.45, 7) is 0.133. The quantitative estimate of drug-likeness (QED) is 0.865. The van der Waals surface area contributed by atoms with Gasteiger partial charge in [-0.05, 0) is 24.1 Å². The lowest BCUT2D eigenvalue weighted by atomic mass is 10.1. The summed E-state index contributed by atoms with van der Waals surface area (Å²) in [5.74, 6) is -0.355. The number of carbonyl (C=O) groups is 1. The van der Waals surface area contributed by atoms with Crippen LogP contribution in [0.15, 0.2) is 28.7 Å². The van der Waals surface area contributed by atoms with Crippen molar-refractivity contribution in [3.63, 3.8) is 0 Å². The van der Waals surface area contributed by atoms with E-state index in [-0.39, 0.29) is 12.6 Å². The maximum absolute atomic E-state index is 11.2. The number of hydrogen-bond donors (Lipinski definition) is 1. The zero-order valence-corrected chi connectivity index (χ0v) is 10.5. The van der Waals surface area contributed by atoms with E-state index < -0.39 is 0 Å². The zero-order chi connectivity index (χ0) is 12.0. The molecule has 0 heterocycles. The minimum Gasteiger partial charge on any atom is -0.465 e. The number of halogens is 1. The molecule has 0 aliphatic rings. The highest BCUT2D eigenvalue weighted by atomic mass is 79.9. The fourth-order valence-corrected chi connectivity index (χ4v) is 1.70. The van der Waals surface area contributed by atoms with Gasteiger partial charge in [0.1, 0.15) is 0 Å². The van der Waals surface area contributed by atoms with E-state index in [0.29, 0.717) is 12.0 Å². The lowest BCUT2D eigenvalue weighted by Crippen LogP contribution is -2.00. The average Bonchev–Trinajstić information content (AvgIpc) is 2.30. The second kappa shape index (κ2) is 6.45. The first-order valence-corrected chi connectivity index (χ1v) is 5.63. The van der Waals surface area contributed by atoms with Crippen LogP contribution >= 0.6 is 15.9 Å². The number of methoxy groups -OCH3 is 1. The number of carbonyl (C=O) groups excluding carboxylic acids is 1. The third-order valence-corrected chi connectivity index (χ3v) is 2.70. The Labute approximate surface area is 103 Å². The number of rotatable bonds is 4. The van der Waals surface area contributed by atoms with Crippen LogP contribution in [0.1, 0.15) is 22.3 Å². The molecule has 3 nitrogen and oxygen atoms in total. The Bertz CT molecular complexity index is 399. The fourth-order valence-electron chi connectivity index (χ4n) is 1.19. The second-order valence-corrected chi connectivity index (χ2v) is 4.00. The number of aliphatic hydroxyl groups is 1. The highest BCUT2D eigenvalue weighted by molar-refractivity contribution is 9.10. The van der Waals surface area contributed by atoms with Crippen molar-refractivity contribution in [2.45, 2.75) is 6.42 Å². The van der Waals surface area contributed by atoms with Crippen LogP contribution in [0.5, 0.6) is 0 Å². The summed E-state index contributed by atoms with van der Waals surface area (Å²) in [6.07, 6.45) is 4.38. The summed E-state index contributed by atoms with van der Waals surface area (Å²) < 4.78 is 5.44. The van der Waals surface area contributed by atoms with Crippen LogP contribution in [0.3, 0.4) is 0 Å². The number of aliphatic hydroxyl groups excluding tert-OH is 1. The molecule has 4 heteroatoms. The Kier molecular flexibility index (Phi) is 5.22. The molecule has 0 saturated heterocycles. The Morgan fingerprint density at radius 3 is 2.88 bits per heavy atom. The Morgan fingerprint density at radius 1 is 1.56 bits per heavy atom. The van der Waals surface area contributed by atoms with Crippen molar-refractivity contribution in [2.75, 3.05) is 13.7 Å². The predicted molar refractivity (Wildman–Crippen MR) is 66.2 cm³/mol. The predicted octanol–water partition coefficient (Wildman–Crippen LogP) is 2.63. The third-order valence-electron chi connectivity index (χ3n) is 2.01. The molecule has 16 heavy (non-hydrogen) atoms. The standard InChI is InChI=1S/C12H13BrO3/c1-16-12(15)10-6-5-9(11(13)8-10)4-2-3-7-14/h2,4-6,8,14H,3,7H2,1H3. The van der Waals surface area contributed by atoms with Crippen LogP contribution in [-0.2, 0) is 4.74 Å². The number of esters is 1. The first kappa shape index (κ1) is 12.9.